The summed E-state index contributed by atoms with van der Waals surface area (Å²) in [7, 11) is 0. The van der Waals surface area contributed by atoms with Crippen LogP contribution >= 0.6 is 11.8 Å². The minimum Gasteiger partial charge on any atom is -0.462 e. The Kier molecular flexibility index (Phi) is 7.47. The van der Waals surface area contributed by atoms with Gasteiger partial charge in [-0.25, -0.2) is 4.79 Å². The molecule has 0 radical (unpaired) electrons. The molecule has 0 fully saturated rings. The molecule has 0 heterocycles. The number of amides is 1. The molecule has 0 aliphatic rings. The van der Waals surface area contributed by atoms with E-state index in [0.717, 1.165) is 17.1 Å². The molecule has 0 atom stereocenters. The highest BCUT2D eigenvalue weighted by Gasteiger charge is 2.14. The Labute approximate surface area is 175 Å². The molecule has 29 heavy (non-hydrogen) atoms. The van der Waals surface area contributed by atoms with Gasteiger partial charge in [-0.05, 0) is 42.3 Å². The lowest BCUT2D eigenvalue weighted by atomic mass is 10.1. The molecule has 0 aliphatic heterocycles. The van der Waals surface area contributed by atoms with Gasteiger partial charge in [0.25, 0.3) is 5.91 Å². The first kappa shape index (κ1) is 20.7. The third-order valence-corrected chi connectivity index (χ3v) is 5.34. The summed E-state index contributed by atoms with van der Waals surface area (Å²) >= 11 is 1.83. The van der Waals surface area contributed by atoms with Crippen molar-refractivity contribution in [3.63, 3.8) is 0 Å². The summed E-state index contributed by atoms with van der Waals surface area (Å²) in [4.78, 5) is 24.6. The van der Waals surface area contributed by atoms with E-state index in [4.69, 9.17) is 4.74 Å². The molecular formula is C24H23NO3S. The molecule has 3 aromatic rings. The van der Waals surface area contributed by atoms with Crippen molar-refractivity contribution in [1.29, 1.82) is 0 Å². The number of hydrogen-bond acceptors (Lipinski definition) is 4. The molecule has 0 unspecified atom stereocenters. The van der Waals surface area contributed by atoms with Crippen molar-refractivity contribution < 1.29 is 14.3 Å². The van der Waals surface area contributed by atoms with Gasteiger partial charge in [0.05, 0.1) is 17.9 Å². The first-order valence-electron chi connectivity index (χ1n) is 9.45. The van der Waals surface area contributed by atoms with Gasteiger partial charge in [-0.3, -0.25) is 4.79 Å². The van der Waals surface area contributed by atoms with E-state index in [0.29, 0.717) is 16.8 Å². The molecule has 3 aromatic carbocycles. The highest BCUT2D eigenvalue weighted by Crippen LogP contribution is 2.20. The molecule has 5 heteroatoms. The molecule has 3 rings (SSSR count). The molecule has 1 amide bonds. The Hall–Kier alpha value is -3.05. The number of nitrogens with one attached hydrogen (secondary N) is 1. The lowest BCUT2D eigenvalue weighted by Gasteiger charge is -2.10. The van der Waals surface area contributed by atoms with E-state index in [-0.39, 0.29) is 12.5 Å². The third kappa shape index (κ3) is 5.96. The van der Waals surface area contributed by atoms with Crippen LogP contribution in [0.5, 0.6) is 0 Å². The van der Waals surface area contributed by atoms with E-state index in [2.05, 4.69) is 17.4 Å². The maximum absolute atomic E-state index is 12.6. The lowest BCUT2D eigenvalue weighted by molar-refractivity contribution is 0.0527. The standard InChI is InChI=1S/C24H23NO3S/c1-2-28-24(27)21-10-6-7-11-22(21)25-23(26)20-14-12-19(13-15-20)17-29-16-18-8-4-3-5-9-18/h3-15H,2,16-17H2,1H3,(H,25,26). The van der Waals surface area contributed by atoms with Gasteiger partial charge in [0.2, 0.25) is 0 Å². The first-order chi connectivity index (χ1) is 14.2. The number of thioether (sulfide) groups is 1. The van der Waals surface area contributed by atoms with Crippen LogP contribution in [-0.4, -0.2) is 18.5 Å². The zero-order valence-corrected chi connectivity index (χ0v) is 17.1. The van der Waals surface area contributed by atoms with Crippen molar-refractivity contribution in [1.82, 2.24) is 0 Å². The van der Waals surface area contributed by atoms with Crippen LogP contribution in [0.3, 0.4) is 0 Å². The summed E-state index contributed by atoms with van der Waals surface area (Å²) in [6.07, 6.45) is 0. The zero-order valence-electron chi connectivity index (χ0n) is 16.3. The van der Waals surface area contributed by atoms with Crippen LogP contribution in [0.2, 0.25) is 0 Å². The van der Waals surface area contributed by atoms with Gasteiger partial charge in [-0.1, -0.05) is 54.6 Å². The van der Waals surface area contributed by atoms with Crippen molar-refractivity contribution in [3.05, 3.63) is 101 Å². The third-order valence-electron chi connectivity index (χ3n) is 4.27. The predicted octanol–water partition coefficient (Wildman–Crippen LogP) is 5.55. The predicted molar refractivity (Wildman–Crippen MR) is 118 cm³/mol. The smallest absolute Gasteiger partial charge is 0.340 e. The van der Waals surface area contributed by atoms with Gasteiger partial charge in [-0.2, -0.15) is 11.8 Å². The van der Waals surface area contributed by atoms with E-state index >= 15 is 0 Å². The maximum atomic E-state index is 12.6. The highest BCUT2D eigenvalue weighted by molar-refractivity contribution is 7.97. The van der Waals surface area contributed by atoms with Crippen LogP contribution in [0.25, 0.3) is 0 Å². The summed E-state index contributed by atoms with van der Waals surface area (Å²) in [6.45, 7) is 2.03. The van der Waals surface area contributed by atoms with E-state index in [1.807, 2.05) is 42.1 Å². The minimum absolute atomic E-state index is 0.259. The molecule has 0 saturated carbocycles. The van der Waals surface area contributed by atoms with Gasteiger partial charge in [-0.15, -0.1) is 0 Å². The van der Waals surface area contributed by atoms with Crippen LogP contribution < -0.4 is 5.32 Å². The zero-order chi connectivity index (χ0) is 20.5. The second-order valence-electron chi connectivity index (χ2n) is 6.40. The Balaban J connectivity index is 1.59. The normalized spacial score (nSPS) is 10.4. The fourth-order valence-corrected chi connectivity index (χ4v) is 3.75. The monoisotopic (exact) mass is 405 g/mol. The van der Waals surface area contributed by atoms with Gasteiger partial charge < -0.3 is 10.1 Å². The number of para-hydroxylation sites is 1. The summed E-state index contributed by atoms with van der Waals surface area (Å²) in [5, 5.41) is 2.81. The number of benzene rings is 3. The molecule has 0 spiro atoms. The molecular weight excluding hydrogens is 382 g/mol. The molecule has 4 nitrogen and oxygen atoms in total. The van der Waals surface area contributed by atoms with E-state index < -0.39 is 5.97 Å². The number of carbonyl (C=O) groups excluding carboxylic acids is 2. The maximum Gasteiger partial charge on any atom is 0.340 e. The summed E-state index contributed by atoms with van der Waals surface area (Å²) < 4.78 is 5.05. The largest absolute Gasteiger partial charge is 0.462 e. The number of anilines is 1. The SMILES string of the molecule is CCOC(=O)c1ccccc1NC(=O)c1ccc(CSCc2ccccc2)cc1. The fraction of sp³-hybridized carbons (Fsp3) is 0.167. The highest BCUT2D eigenvalue weighted by atomic mass is 32.2. The summed E-state index contributed by atoms with van der Waals surface area (Å²) in [5.41, 5.74) is 3.79. The van der Waals surface area contributed by atoms with Crippen LogP contribution in [0.15, 0.2) is 78.9 Å². The molecule has 0 aliphatic carbocycles. The van der Waals surface area contributed by atoms with Crippen LogP contribution in [0.4, 0.5) is 5.69 Å². The number of esters is 1. The Morgan fingerprint density at radius 2 is 1.45 bits per heavy atom. The van der Waals surface area contributed by atoms with Crippen molar-refractivity contribution in [2.24, 2.45) is 0 Å². The van der Waals surface area contributed by atoms with Gasteiger partial charge in [0, 0.05) is 17.1 Å². The second kappa shape index (κ2) is 10.5. The topological polar surface area (TPSA) is 55.4 Å². The second-order valence-corrected chi connectivity index (χ2v) is 7.38. The molecule has 148 valence electrons. The summed E-state index contributed by atoms with van der Waals surface area (Å²) in [6, 6.07) is 24.7. The van der Waals surface area contributed by atoms with Crippen molar-refractivity contribution >= 4 is 29.3 Å². The molecule has 0 aromatic heterocycles. The average molecular weight is 406 g/mol. The Bertz CT molecular complexity index is 955. The molecule has 0 saturated heterocycles. The lowest BCUT2D eigenvalue weighted by Crippen LogP contribution is -2.15. The van der Waals surface area contributed by atoms with Crippen molar-refractivity contribution in [2.75, 3.05) is 11.9 Å². The van der Waals surface area contributed by atoms with Crippen molar-refractivity contribution in [3.8, 4) is 0 Å². The van der Waals surface area contributed by atoms with Crippen LogP contribution in [0, 0.1) is 0 Å². The number of rotatable bonds is 8. The molecule has 1 N–H and O–H groups in total. The minimum atomic E-state index is -0.450. The summed E-state index contributed by atoms with van der Waals surface area (Å²) in [5.74, 6) is 1.12. The Morgan fingerprint density at radius 3 is 2.14 bits per heavy atom. The van der Waals surface area contributed by atoms with Crippen LogP contribution in [-0.2, 0) is 16.2 Å². The van der Waals surface area contributed by atoms with E-state index in [9.17, 15) is 9.59 Å². The van der Waals surface area contributed by atoms with Crippen LogP contribution in [0.1, 0.15) is 38.8 Å². The van der Waals surface area contributed by atoms with E-state index in [1.165, 1.54) is 5.56 Å². The molecule has 0 bridgehead atoms. The number of ether oxygens (including phenoxy) is 1. The number of hydrogen-bond donors (Lipinski definition) is 1. The Morgan fingerprint density at radius 1 is 0.828 bits per heavy atom. The van der Waals surface area contributed by atoms with Gasteiger partial charge >= 0.3 is 5.97 Å². The van der Waals surface area contributed by atoms with Crippen molar-refractivity contribution in [2.45, 2.75) is 18.4 Å². The fourth-order valence-electron chi connectivity index (χ4n) is 2.79. The first-order valence-corrected chi connectivity index (χ1v) is 10.6. The van der Waals surface area contributed by atoms with E-state index in [1.54, 1.807) is 43.3 Å². The van der Waals surface area contributed by atoms with Gasteiger partial charge in [0.15, 0.2) is 0 Å². The van der Waals surface area contributed by atoms with Gasteiger partial charge in [0.1, 0.15) is 0 Å². The quantitative estimate of drug-likeness (QED) is 0.499. The average Bonchev–Trinajstić information content (AvgIpc) is 2.75. The number of carbonyl (C=O) groups is 2.